The Hall–Kier alpha value is 1.40. The summed E-state index contributed by atoms with van der Waals surface area (Å²) in [7, 11) is 0. The maximum absolute atomic E-state index is 2.32. The van der Waals surface area contributed by atoms with E-state index >= 15 is 0 Å². The van der Waals surface area contributed by atoms with Crippen LogP contribution in [-0.2, 0) is 0 Å². The third kappa shape index (κ3) is 0.505. The Morgan fingerprint density at radius 3 is 0.917 bits per heavy atom. The summed E-state index contributed by atoms with van der Waals surface area (Å²) in [4.78, 5) is 0. The van der Waals surface area contributed by atoms with E-state index in [1.54, 1.807) is 0 Å². The van der Waals surface area contributed by atoms with Gasteiger partial charge in [-0.15, -0.1) is 47.0 Å². The van der Waals surface area contributed by atoms with Gasteiger partial charge in [-0.25, -0.2) is 0 Å². The molecule has 4 aliphatic heterocycles. The van der Waals surface area contributed by atoms with Crippen LogP contribution < -0.4 is 0 Å². The lowest BCUT2D eigenvalue weighted by Crippen LogP contribution is -2.44. The molecule has 5 fully saturated rings. The van der Waals surface area contributed by atoms with Gasteiger partial charge in [-0.05, 0) is 23.7 Å². The summed E-state index contributed by atoms with van der Waals surface area (Å²) < 4.78 is 4.08. The van der Waals surface area contributed by atoms with Crippen molar-refractivity contribution in [1.82, 2.24) is 0 Å². The van der Waals surface area contributed by atoms with Crippen LogP contribution in [0.2, 0.25) is 0 Å². The predicted molar refractivity (Wildman–Crippen MR) is 59.5 cm³/mol. The molecule has 5 aliphatic rings. The first kappa shape index (κ1) is 6.81. The van der Waals surface area contributed by atoms with Gasteiger partial charge < -0.3 is 0 Å². The molecular formula is C8H8S4. The normalized spacial score (nSPS) is 80.0. The molecule has 4 saturated heterocycles. The molecule has 64 valence electrons. The van der Waals surface area contributed by atoms with Crippen molar-refractivity contribution in [2.75, 3.05) is 0 Å². The largest absolute Gasteiger partial charge is 0.133 e. The SMILES string of the molecule is S1C2SC3SC4SC1C1C2C3C41. The van der Waals surface area contributed by atoms with Gasteiger partial charge in [-0.2, -0.15) is 0 Å². The Morgan fingerprint density at radius 2 is 0.667 bits per heavy atom. The van der Waals surface area contributed by atoms with E-state index in [0.29, 0.717) is 0 Å². The Bertz CT molecular complexity index is 208. The van der Waals surface area contributed by atoms with Crippen LogP contribution >= 0.6 is 47.0 Å². The van der Waals surface area contributed by atoms with Crippen molar-refractivity contribution in [2.24, 2.45) is 23.7 Å². The number of hydrogen-bond donors (Lipinski definition) is 0. The summed E-state index contributed by atoms with van der Waals surface area (Å²) in [5.74, 6) is 4.64. The molecule has 0 aromatic rings. The van der Waals surface area contributed by atoms with Crippen molar-refractivity contribution >= 4 is 47.0 Å². The first-order valence-electron chi connectivity index (χ1n) is 4.55. The van der Waals surface area contributed by atoms with Gasteiger partial charge in [0.2, 0.25) is 0 Å². The van der Waals surface area contributed by atoms with Gasteiger partial charge in [-0.3, -0.25) is 0 Å². The molecule has 5 rings (SSSR count). The summed E-state index contributed by atoms with van der Waals surface area (Å²) in [6, 6.07) is 0. The van der Waals surface area contributed by atoms with E-state index in [9.17, 15) is 0 Å². The summed E-state index contributed by atoms with van der Waals surface area (Å²) >= 11 is 9.28. The zero-order chi connectivity index (χ0) is 7.45. The lowest BCUT2D eigenvalue weighted by molar-refractivity contribution is 0.0602. The first-order chi connectivity index (χ1) is 5.93. The molecule has 0 unspecified atom stereocenters. The summed E-state index contributed by atoms with van der Waals surface area (Å²) in [5.41, 5.74) is 0. The molecule has 0 aromatic carbocycles. The van der Waals surface area contributed by atoms with E-state index in [4.69, 9.17) is 0 Å². The number of thioether (sulfide) groups is 4. The van der Waals surface area contributed by atoms with Crippen molar-refractivity contribution in [3.8, 4) is 0 Å². The summed E-state index contributed by atoms with van der Waals surface area (Å²) in [5, 5.41) is 0. The molecule has 0 aromatic heterocycles. The van der Waals surface area contributed by atoms with Crippen molar-refractivity contribution in [1.29, 1.82) is 0 Å². The van der Waals surface area contributed by atoms with Gasteiger partial charge in [0.1, 0.15) is 0 Å². The van der Waals surface area contributed by atoms with E-state index < -0.39 is 0 Å². The lowest BCUT2D eigenvalue weighted by Gasteiger charge is -2.41. The average Bonchev–Trinajstić information content (AvgIpc) is 2.31. The zero-order valence-corrected chi connectivity index (χ0v) is 9.52. The van der Waals surface area contributed by atoms with Gasteiger partial charge in [0.15, 0.2) is 0 Å². The minimum atomic E-state index is 1.02. The second-order valence-corrected chi connectivity index (χ2v) is 10.7. The van der Waals surface area contributed by atoms with Gasteiger partial charge in [-0.1, -0.05) is 0 Å². The van der Waals surface area contributed by atoms with Gasteiger partial charge >= 0.3 is 0 Å². The van der Waals surface area contributed by atoms with Gasteiger partial charge in [0.25, 0.3) is 0 Å². The minimum absolute atomic E-state index is 1.02. The Kier molecular flexibility index (Phi) is 1.06. The molecule has 4 heteroatoms. The van der Waals surface area contributed by atoms with E-state index in [1.165, 1.54) is 0 Å². The maximum atomic E-state index is 2.32. The van der Waals surface area contributed by atoms with Crippen LogP contribution in [0.4, 0.5) is 0 Å². The van der Waals surface area contributed by atoms with Gasteiger partial charge in [0.05, 0.1) is 18.3 Å². The topological polar surface area (TPSA) is 0 Å². The van der Waals surface area contributed by atoms with E-state index in [-0.39, 0.29) is 0 Å². The predicted octanol–water partition coefficient (Wildman–Crippen LogP) is 2.76. The standard InChI is InChI=1S/C8H8S4/c9-5-1-2-4-3(1)7(10-5)12-8(4)11-6(2)9/h1-8H. The Balaban J connectivity index is 1.80. The maximum Gasteiger partial charge on any atom is 0.0560 e. The highest BCUT2D eigenvalue weighted by Crippen LogP contribution is 2.84. The van der Waals surface area contributed by atoms with Crippen LogP contribution in [-0.4, -0.2) is 18.3 Å². The van der Waals surface area contributed by atoms with Crippen LogP contribution in [0.25, 0.3) is 0 Å². The molecule has 0 N–H and O–H groups in total. The van der Waals surface area contributed by atoms with Crippen LogP contribution in [0.15, 0.2) is 0 Å². The second-order valence-electron chi connectivity index (χ2n) is 4.33. The highest BCUT2D eigenvalue weighted by Gasteiger charge is 2.76. The number of hydrogen-bond acceptors (Lipinski definition) is 4. The minimum Gasteiger partial charge on any atom is -0.133 e. The highest BCUT2D eigenvalue weighted by atomic mass is 32.3. The van der Waals surface area contributed by atoms with Crippen LogP contribution in [0.1, 0.15) is 0 Å². The summed E-state index contributed by atoms with van der Waals surface area (Å²) in [6.45, 7) is 0. The van der Waals surface area contributed by atoms with E-state index in [1.807, 2.05) is 0 Å². The van der Waals surface area contributed by atoms with Crippen LogP contribution in [0.5, 0.6) is 0 Å². The second kappa shape index (κ2) is 1.86. The highest BCUT2D eigenvalue weighted by molar-refractivity contribution is 8.34. The van der Waals surface area contributed by atoms with Crippen LogP contribution in [0, 0.1) is 23.7 Å². The van der Waals surface area contributed by atoms with Crippen molar-refractivity contribution in [3.05, 3.63) is 0 Å². The van der Waals surface area contributed by atoms with Crippen LogP contribution in [0.3, 0.4) is 0 Å². The Morgan fingerprint density at radius 1 is 0.417 bits per heavy atom. The molecule has 1 aliphatic carbocycles. The average molecular weight is 232 g/mol. The Labute approximate surface area is 88.8 Å². The third-order valence-electron chi connectivity index (χ3n) is 4.11. The molecule has 0 bridgehead atoms. The molecule has 1 saturated carbocycles. The zero-order valence-electron chi connectivity index (χ0n) is 6.25. The molecular weight excluding hydrogens is 224 g/mol. The monoisotopic (exact) mass is 232 g/mol. The molecule has 12 heavy (non-hydrogen) atoms. The number of rotatable bonds is 0. The van der Waals surface area contributed by atoms with E-state index in [2.05, 4.69) is 47.0 Å². The molecule has 0 atom stereocenters. The molecule has 4 heterocycles. The quantitative estimate of drug-likeness (QED) is 0.629. The lowest BCUT2D eigenvalue weighted by atomic mass is 9.60. The van der Waals surface area contributed by atoms with Crippen molar-refractivity contribution < 1.29 is 0 Å². The van der Waals surface area contributed by atoms with Gasteiger partial charge in [0, 0.05) is 0 Å². The third-order valence-corrected chi connectivity index (χ3v) is 11.4. The molecule has 0 nitrogen and oxygen atoms in total. The molecule has 0 amide bonds. The van der Waals surface area contributed by atoms with E-state index in [0.717, 1.165) is 42.0 Å². The fraction of sp³-hybridized carbons (Fsp3) is 1.00. The fourth-order valence-corrected chi connectivity index (χ4v) is 13.9. The summed E-state index contributed by atoms with van der Waals surface area (Å²) in [6.07, 6.45) is 0. The molecule has 0 spiro atoms. The fourth-order valence-electron chi connectivity index (χ4n) is 3.72. The first-order valence-corrected chi connectivity index (χ1v) is 8.32. The van der Waals surface area contributed by atoms with Crippen molar-refractivity contribution in [3.63, 3.8) is 0 Å². The van der Waals surface area contributed by atoms with Crippen molar-refractivity contribution in [2.45, 2.75) is 18.3 Å². The smallest absolute Gasteiger partial charge is 0.0560 e. The molecule has 0 radical (unpaired) electrons.